The molecule has 1 aliphatic rings. The zero-order valence-corrected chi connectivity index (χ0v) is 7.02. The lowest BCUT2D eigenvalue weighted by Gasteiger charge is -2.10. The van der Waals surface area contributed by atoms with E-state index >= 15 is 0 Å². The lowest BCUT2D eigenvalue weighted by molar-refractivity contribution is 0.566. The maximum Gasteiger partial charge on any atom is 0.120 e. The Kier molecular flexibility index (Phi) is 2.40. The van der Waals surface area contributed by atoms with E-state index in [0.29, 0.717) is 0 Å². The smallest absolute Gasteiger partial charge is 0.120 e. The van der Waals surface area contributed by atoms with Crippen LogP contribution in [0.4, 0.5) is 0 Å². The van der Waals surface area contributed by atoms with Crippen molar-refractivity contribution in [2.45, 2.75) is 6.92 Å². The van der Waals surface area contributed by atoms with Crippen molar-refractivity contribution < 1.29 is 4.21 Å². The Bertz CT molecular complexity index is 208. The molecule has 0 saturated carbocycles. The Hall–Kier alpha value is -0.410. The van der Waals surface area contributed by atoms with Gasteiger partial charge in [-0.2, -0.15) is 0 Å². The van der Waals surface area contributed by atoms with Gasteiger partial charge in [-0.3, -0.25) is 0 Å². The van der Waals surface area contributed by atoms with Crippen LogP contribution in [0.3, 0.4) is 0 Å². The lowest BCUT2D eigenvalue weighted by atomic mass is 10.3. The van der Waals surface area contributed by atoms with Crippen molar-refractivity contribution >= 4 is 11.0 Å². The fraction of sp³-hybridized carbons (Fsp3) is 0.429. The zero-order chi connectivity index (χ0) is 7.56. The van der Waals surface area contributed by atoms with Crippen LogP contribution in [0.15, 0.2) is 23.1 Å². The third kappa shape index (κ3) is 1.78. The summed E-state index contributed by atoms with van der Waals surface area (Å²) in [5.41, 5.74) is 1.24. The zero-order valence-electron chi connectivity index (χ0n) is 6.20. The molecule has 0 spiro atoms. The van der Waals surface area contributed by atoms with Gasteiger partial charge in [0.05, 0.1) is 0 Å². The normalized spacial score (nSPS) is 27.8. The molecule has 1 unspecified atom stereocenters. The molecule has 0 N–H and O–H groups in total. The molecule has 0 fully saturated rings. The minimum Gasteiger partial charge on any atom is -0.238 e. The van der Waals surface area contributed by atoms with Crippen molar-refractivity contribution in [3.63, 3.8) is 0 Å². The second-order valence-corrected chi connectivity index (χ2v) is 3.85. The summed E-state index contributed by atoms with van der Waals surface area (Å²) in [6, 6.07) is 0. The van der Waals surface area contributed by atoms with Gasteiger partial charge in [-0.05, 0) is 6.92 Å². The molecule has 0 saturated heterocycles. The van der Waals surface area contributed by atoms with Crippen LogP contribution in [-0.2, 0) is 11.0 Å². The molecule has 2 nitrogen and oxygen atoms in total. The number of allylic oxidation sites excluding steroid dienone is 2. The first-order valence-electron chi connectivity index (χ1n) is 3.16. The Morgan fingerprint density at radius 1 is 1.70 bits per heavy atom. The minimum atomic E-state index is -0.922. The van der Waals surface area contributed by atoms with E-state index in [1.165, 1.54) is 5.57 Å². The number of rotatable bonds is 0. The third-order valence-electron chi connectivity index (χ3n) is 1.35. The number of hydrogen-bond donors (Lipinski definition) is 0. The molecule has 3 heteroatoms. The molecule has 0 aromatic carbocycles. The summed E-state index contributed by atoms with van der Waals surface area (Å²) < 4.78 is 12.9. The van der Waals surface area contributed by atoms with E-state index in [9.17, 15) is 4.21 Å². The van der Waals surface area contributed by atoms with Gasteiger partial charge >= 0.3 is 0 Å². The molecule has 56 valence electrons. The molecule has 0 aromatic heterocycles. The molecular weight excluding hydrogens is 146 g/mol. The Morgan fingerprint density at radius 2 is 2.40 bits per heavy atom. The van der Waals surface area contributed by atoms with E-state index in [1.54, 1.807) is 9.71 Å². The molecule has 0 aliphatic carbocycles. The first kappa shape index (κ1) is 7.69. The van der Waals surface area contributed by atoms with Crippen molar-refractivity contribution in [1.29, 1.82) is 0 Å². The Labute approximate surface area is 63.8 Å². The summed E-state index contributed by atoms with van der Waals surface area (Å²) in [4.78, 5) is 0. The summed E-state index contributed by atoms with van der Waals surface area (Å²) in [5.74, 6) is 0. The van der Waals surface area contributed by atoms with Crippen molar-refractivity contribution in [1.82, 2.24) is 4.31 Å². The van der Waals surface area contributed by atoms with Crippen molar-refractivity contribution in [2.75, 3.05) is 13.6 Å². The van der Waals surface area contributed by atoms with Gasteiger partial charge in [0.25, 0.3) is 0 Å². The topological polar surface area (TPSA) is 20.3 Å². The Balaban J connectivity index is 2.76. The first-order chi connectivity index (χ1) is 4.70. The molecule has 1 atom stereocenters. The van der Waals surface area contributed by atoms with Crippen LogP contribution in [0.2, 0.25) is 0 Å². The average Bonchev–Trinajstić information content (AvgIpc) is 1.96. The third-order valence-corrected chi connectivity index (χ3v) is 2.49. The fourth-order valence-electron chi connectivity index (χ4n) is 0.842. The molecule has 10 heavy (non-hydrogen) atoms. The number of likely N-dealkylation sites (N-methyl/N-ethyl adjacent to an activating group) is 1. The second kappa shape index (κ2) is 3.12. The van der Waals surface area contributed by atoms with Gasteiger partial charge < -0.3 is 0 Å². The van der Waals surface area contributed by atoms with E-state index in [4.69, 9.17) is 0 Å². The maximum atomic E-state index is 11.1. The van der Waals surface area contributed by atoms with Crippen LogP contribution in [0.1, 0.15) is 6.92 Å². The number of hydrogen-bond acceptors (Lipinski definition) is 1. The van der Waals surface area contributed by atoms with Gasteiger partial charge in [0.1, 0.15) is 11.0 Å². The first-order valence-corrected chi connectivity index (χ1v) is 4.33. The highest BCUT2D eigenvalue weighted by atomic mass is 32.2. The highest BCUT2D eigenvalue weighted by Gasteiger charge is 2.05. The van der Waals surface area contributed by atoms with E-state index in [1.807, 2.05) is 26.1 Å². The Morgan fingerprint density at radius 3 is 3.10 bits per heavy atom. The van der Waals surface area contributed by atoms with E-state index in [0.717, 1.165) is 6.54 Å². The summed E-state index contributed by atoms with van der Waals surface area (Å²) >= 11 is 0. The van der Waals surface area contributed by atoms with Crippen LogP contribution in [0, 0.1) is 0 Å². The quantitative estimate of drug-likeness (QED) is 0.515. The van der Waals surface area contributed by atoms with Gasteiger partial charge in [-0.15, -0.1) is 0 Å². The van der Waals surface area contributed by atoms with Crippen LogP contribution >= 0.6 is 0 Å². The van der Waals surface area contributed by atoms with Crippen LogP contribution < -0.4 is 0 Å². The van der Waals surface area contributed by atoms with Crippen molar-refractivity contribution in [2.24, 2.45) is 0 Å². The molecule has 0 radical (unpaired) electrons. The van der Waals surface area contributed by atoms with Gasteiger partial charge in [-0.1, -0.05) is 17.7 Å². The molecule has 1 aliphatic heterocycles. The minimum absolute atomic E-state index is 0.791. The van der Waals surface area contributed by atoms with Crippen LogP contribution in [0.5, 0.6) is 0 Å². The number of nitrogens with zero attached hydrogens (tertiary/aromatic N) is 1. The highest BCUT2D eigenvalue weighted by molar-refractivity contribution is 7.85. The van der Waals surface area contributed by atoms with Gasteiger partial charge in [0.2, 0.25) is 0 Å². The predicted molar refractivity (Wildman–Crippen MR) is 43.7 cm³/mol. The van der Waals surface area contributed by atoms with Crippen molar-refractivity contribution in [3.05, 3.63) is 23.1 Å². The molecule has 0 bridgehead atoms. The molecule has 1 rings (SSSR count). The van der Waals surface area contributed by atoms with Gasteiger partial charge in [0, 0.05) is 19.0 Å². The molecule has 0 amide bonds. The lowest BCUT2D eigenvalue weighted by Crippen LogP contribution is -2.20. The maximum absolute atomic E-state index is 11.1. The molecule has 0 aromatic rings. The fourth-order valence-corrected chi connectivity index (χ4v) is 1.59. The SMILES string of the molecule is CC1=CC=CS(=O)N(C)C1. The highest BCUT2D eigenvalue weighted by Crippen LogP contribution is 2.05. The predicted octanol–water partition coefficient (Wildman–Crippen LogP) is 1.06. The van der Waals surface area contributed by atoms with Gasteiger partial charge in [0.15, 0.2) is 0 Å². The van der Waals surface area contributed by atoms with Crippen LogP contribution in [-0.4, -0.2) is 22.1 Å². The van der Waals surface area contributed by atoms with Crippen LogP contribution in [0.25, 0.3) is 0 Å². The monoisotopic (exact) mass is 157 g/mol. The summed E-state index contributed by atoms with van der Waals surface area (Å²) in [5, 5.41) is 1.69. The average molecular weight is 157 g/mol. The molecular formula is C7H11NOS. The summed E-state index contributed by atoms with van der Waals surface area (Å²) in [6.07, 6.45) is 3.83. The second-order valence-electron chi connectivity index (χ2n) is 2.40. The van der Waals surface area contributed by atoms with E-state index in [-0.39, 0.29) is 0 Å². The summed E-state index contributed by atoms with van der Waals surface area (Å²) in [6.45, 7) is 2.82. The summed E-state index contributed by atoms with van der Waals surface area (Å²) in [7, 11) is 0.928. The van der Waals surface area contributed by atoms with E-state index < -0.39 is 11.0 Å². The standard InChI is InChI=1S/C7H11NOS/c1-7-4-3-5-10(9)8(2)6-7/h3-5H,6H2,1-2H3. The largest absolute Gasteiger partial charge is 0.238 e. The molecule has 1 heterocycles. The van der Waals surface area contributed by atoms with E-state index in [2.05, 4.69) is 0 Å². The van der Waals surface area contributed by atoms with Gasteiger partial charge in [-0.25, -0.2) is 8.51 Å². The van der Waals surface area contributed by atoms with Crippen molar-refractivity contribution in [3.8, 4) is 0 Å².